The smallest absolute Gasteiger partial charge is 0.229 e. The van der Waals surface area contributed by atoms with Crippen LogP contribution in [-0.4, -0.2) is 30.0 Å². The molecule has 0 unspecified atom stereocenters. The van der Waals surface area contributed by atoms with E-state index < -0.39 is 0 Å². The SMILES string of the molecule is COc1ccc(Nc2ccnc(Nc3cccc(C(C)=O)c3)n2)c(OC)c1. The minimum atomic E-state index is 0.00147. The number of rotatable bonds is 7. The highest BCUT2D eigenvalue weighted by Gasteiger charge is 2.08. The first-order valence-electron chi connectivity index (χ1n) is 8.29. The number of carbonyl (C=O) groups is 1. The number of hydrogen-bond donors (Lipinski definition) is 2. The molecule has 7 nitrogen and oxygen atoms in total. The largest absolute Gasteiger partial charge is 0.497 e. The molecule has 0 fully saturated rings. The van der Waals surface area contributed by atoms with E-state index in [0.29, 0.717) is 28.8 Å². The van der Waals surface area contributed by atoms with Crippen molar-refractivity contribution in [3.8, 4) is 11.5 Å². The van der Waals surface area contributed by atoms with Crippen molar-refractivity contribution >= 4 is 28.9 Å². The van der Waals surface area contributed by atoms with Gasteiger partial charge in [0.25, 0.3) is 0 Å². The summed E-state index contributed by atoms with van der Waals surface area (Å²) in [6.45, 7) is 1.53. The second kappa shape index (κ2) is 8.18. The number of nitrogens with zero attached hydrogens (tertiary/aromatic N) is 2. The summed E-state index contributed by atoms with van der Waals surface area (Å²) < 4.78 is 10.6. The Bertz CT molecular complexity index is 959. The first kappa shape index (κ1) is 18.2. The van der Waals surface area contributed by atoms with Gasteiger partial charge in [0.15, 0.2) is 5.78 Å². The monoisotopic (exact) mass is 364 g/mol. The topological polar surface area (TPSA) is 85.4 Å². The first-order valence-corrected chi connectivity index (χ1v) is 8.29. The summed E-state index contributed by atoms with van der Waals surface area (Å²) in [4.78, 5) is 20.2. The van der Waals surface area contributed by atoms with Gasteiger partial charge < -0.3 is 20.1 Å². The maximum atomic E-state index is 11.5. The molecule has 0 aliphatic rings. The van der Waals surface area contributed by atoms with Gasteiger partial charge in [0.1, 0.15) is 17.3 Å². The van der Waals surface area contributed by atoms with Crippen LogP contribution in [0.5, 0.6) is 11.5 Å². The Morgan fingerprint density at radius 2 is 1.85 bits per heavy atom. The quantitative estimate of drug-likeness (QED) is 0.608. The van der Waals surface area contributed by atoms with E-state index in [0.717, 1.165) is 11.4 Å². The molecule has 0 saturated carbocycles. The van der Waals surface area contributed by atoms with Crippen LogP contribution in [0, 0.1) is 0 Å². The van der Waals surface area contributed by atoms with E-state index in [2.05, 4.69) is 20.6 Å². The van der Waals surface area contributed by atoms with Crippen LogP contribution in [0.2, 0.25) is 0 Å². The molecule has 0 aliphatic carbocycles. The van der Waals surface area contributed by atoms with Gasteiger partial charge in [-0.1, -0.05) is 12.1 Å². The molecule has 7 heteroatoms. The number of nitrogens with one attached hydrogen (secondary N) is 2. The molecule has 2 N–H and O–H groups in total. The van der Waals surface area contributed by atoms with Gasteiger partial charge in [-0.2, -0.15) is 4.98 Å². The molecular formula is C20H20N4O3. The predicted octanol–water partition coefficient (Wildman–Crippen LogP) is 4.18. The summed E-state index contributed by atoms with van der Waals surface area (Å²) in [6.07, 6.45) is 1.64. The molecule has 27 heavy (non-hydrogen) atoms. The number of hydrogen-bond acceptors (Lipinski definition) is 7. The van der Waals surface area contributed by atoms with Crippen molar-refractivity contribution in [3.05, 3.63) is 60.3 Å². The molecule has 0 saturated heterocycles. The fourth-order valence-corrected chi connectivity index (χ4v) is 2.47. The van der Waals surface area contributed by atoms with E-state index in [9.17, 15) is 4.79 Å². The predicted molar refractivity (Wildman–Crippen MR) is 105 cm³/mol. The highest BCUT2D eigenvalue weighted by Crippen LogP contribution is 2.31. The lowest BCUT2D eigenvalue weighted by molar-refractivity contribution is 0.101. The van der Waals surface area contributed by atoms with Crippen molar-refractivity contribution in [3.63, 3.8) is 0 Å². The fourth-order valence-electron chi connectivity index (χ4n) is 2.47. The third-order valence-electron chi connectivity index (χ3n) is 3.85. The Morgan fingerprint density at radius 3 is 2.59 bits per heavy atom. The van der Waals surface area contributed by atoms with E-state index in [-0.39, 0.29) is 5.78 Å². The van der Waals surface area contributed by atoms with Crippen LogP contribution >= 0.6 is 0 Å². The molecule has 1 aromatic heterocycles. The molecule has 0 spiro atoms. The zero-order chi connectivity index (χ0) is 19.2. The summed E-state index contributed by atoms with van der Waals surface area (Å²) in [5.74, 6) is 2.35. The van der Waals surface area contributed by atoms with Crippen molar-refractivity contribution in [2.24, 2.45) is 0 Å². The minimum Gasteiger partial charge on any atom is -0.497 e. The van der Waals surface area contributed by atoms with Crippen LogP contribution < -0.4 is 20.1 Å². The fraction of sp³-hybridized carbons (Fsp3) is 0.150. The number of methoxy groups -OCH3 is 2. The summed E-state index contributed by atoms with van der Waals surface area (Å²) >= 11 is 0. The second-order valence-electron chi connectivity index (χ2n) is 5.72. The molecule has 3 aromatic rings. The highest BCUT2D eigenvalue weighted by atomic mass is 16.5. The summed E-state index contributed by atoms with van der Waals surface area (Å²) in [6, 6.07) is 14.4. The maximum absolute atomic E-state index is 11.5. The van der Waals surface area contributed by atoms with Crippen LogP contribution in [0.25, 0.3) is 0 Å². The Balaban J connectivity index is 1.80. The zero-order valence-corrected chi connectivity index (χ0v) is 15.3. The van der Waals surface area contributed by atoms with Gasteiger partial charge in [0.2, 0.25) is 5.95 Å². The molecule has 138 valence electrons. The van der Waals surface area contributed by atoms with Crippen LogP contribution in [0.15, 0.2) is 54.7 Å². The Morgan fingerprint density at radius 1 is 1.00 bits per heavy atom. The summed E-state index contributed by atoms with van der Waals surface area (Å²) in [5.41, 5.74) is 2.11. The number of ether oxygens (including phenoxy) is 2. The van der Waals surface area contributed by atoms with Gasteiger partial charge in [0.05, 0.1) is 19.9 Å². The average molecular weight is 364 g/mol. The second-order valence-corrected chi connectivity index (χ2v) is 5.72. The van der Waals surface area contributed by atoms with Gasteiger partial charge in [-0.3, -0.25) is 4.79 Å². The van der Waals surface area contributed by atoms with Gasteiger partial charge in [-0.05, 0) is 37.3 Å². The van der Waals surface area contributed by atoms with Crippen LogP contribution in [-0.2, 0) is 0 Å². The summed E-state index contributed by atoms with van der Waals surface area (Å²) in [5, 5.41) is 6.31. The number of benzene rings is 2. The van der Waals surface area contributed by atoms with E-state index in [1.54, 1.807) is 44.7 Å². The molecule has 0 amide bonds. The van der Waals surface area contributed by atoms with E-state index in [4.69, 9.17) is 9.47 Å². The molecular weight excluding hydrogens is 344 g/mol. The van der Waals surface area contributed by atoms with Crippen molar-refractivity contribution < 1.29 is 14.3 Å². The lowest BCUT2D eigenvalue weighted by Crippen LogP contribution is -2.02. The number of carbonyl (C=O) groups excluding carboxylic acids is 1. The highest BCUT2D eigenvalue weighted by molar-refractivity contribution is 5.95. The molecule has 0 radical (unpaired) electrons. The summed E-state index contributed by atoms with van der Waals surface area (Å²) in [7, 11) is 3.19. The lowest BCUT2D eigenvalue weighted by Gasteiger charge is -2.13. The van der Waals surface area contributed by atoms with Crippen LogP contribution in [0.3, 0.4) is 0 Å². The molecule has 2 aromatic carbocycles. The van der Waals surface area contributed by atoms with Crippen molar-refractivity contribution in [1.29, 1.82) is 0 Å². The van der Waals surface area contributed by atoms with Gasteiger partial charge >= 0.3 is 0 Å². The molecule has 0 atom stereocenters. The van der Waals surface area contributed by atoms with E-state index in [1.165, 1.54) is 6.92 Å². The Kier molecular flexibility index (Phi) is 5.51. The Hall–Kier alpha value is -3.61. The molecule has 0 bridgehead atoms. The maximum Gasteiger partial charge on any atom is 0.229 e. The van der Waals surface area contributed by atoms with Gasteiger partial charge in [0, 0.05) is 23.5 Å². The number of ketones is 1. The first-order chi connectivity index (χ1) is 13.1. The molecule has 3 rings (SSSR count). The average Bonchev–Trinajstić information content (AvgIpc) is 2.68. The Labute approximate surface area is 157 Å². The normalized spacial score (nSPS) is 10.2. The number of Topliss-reactive ketones (excluding diaryl/α,β-unsaturated/α-hetero) is 1. The minimum absolute atomic E-state index is 0.00147. The standard InChI is InChI=1S/C20H20N4O3/c1-13(25)14-5-4-6-15(11-14)22-20-21-10-9-19(24-20)23-17-8-7-16(26-2)12-18(17)27-3/h4-12H,1-3H3,(H2,21,22,23,24). The van der Waals surface area contributed by atoms with Crippen molar-refractivity contribution in [2.45, 2.75) is 6.92 Å². The van der Waals surface area contributed by atoms with Gasteiger partial charge in [-0.25, -0.2) is 4.98 Å². The molecule has 1 heterocycles. The van der Waals surface area contributed by atoms with Crippen LogP contribution in [0.1, 0.15) is 17.3 Å². The lowest BCUT2D eigenvalue weighted by atomic mass is 10.1. The molecule has 0 aliphatic heterocycles. The van der Waals surface area contributed by atoms with E-state index >= 15 is 0 Å². The third-order valence-corrected chi connectivity index (χ3v) is 3.85. The van der Waals surface area contributed by atoms with Crippen molar-refractivity contribution in [1.82, 2.24) is 9.97 Å². The van der Waals surface area contributed by atoms with Crippen LogP contribution in [0.4, 0.5) is 23.1 Å². The van der Waals surface area contributed by atoms with Gasteiger partial charge in [-0.15, -0.1) is 0 Å². The van der Waals surface area contributed by atoms with Crippen molar-refractivity contribution in [2.75, 3.05) is 24.9 Å². The van der Waals surface area contributed by atoms with E-state index in [1.807, 2.05) is 24.3 Å². The zero-order valence-electron chi connectivity index (χ0n) is 15.3. The number of aromatic nitrogens is 2. The third kappa shape index (κ3) is 4.52. The number of anilines is 4.